The van der Waals surface area contributed by atoms with Gasteiger partial charge in [0.1, 0.15) is 0 Å². The first-order valence-corrected chi connectivity index (χ1v) is 7.29. The molecule has 2 rings (SSSR count). The van der Waals surface area contributed by atoms with Gasteiger partial charge in [0.05, 0.1) is 0 Å². The van der Waals surface area contributed by atoms with Crippen LogP contribution in [0.2, 0.25) is 0 Å². The van der Waals surface area contributed by atoms with E-state index >= 15 is 0 Å². The summed E-state index contributed by atoms with van der Waals surface area (Å²) >= 11 is 3.39. The molecule has 1 aromatic carbocycles. The highest BCUT2D eigenvalue weighted by Gasteiger charge is 2.24. The quantitative estimate of drug-likeness (QED) is 0.777. The molecule has 0 saturated carbocycles. The number of hydrogen-bond acceptors (Lipinski definition) is 2. The van der Waals surface area contributed by atoms with Gasteiger partial charge >= 0.3 is 0 Å². The maximum Gasteiger partial charge on any atom is 0.254 e. The fourth-order valence-corrected chi connectivity index (χ4v) is 2.77. The van der Waals surface area contributed by atoms with Crippen LogP contribution >= 0.6 is 15.9 Å². The number of carbonyl (C=O) groups is 2. The summed E-state index contributed by atoms with van der Waals surface area (Å²) < 4.78 is 0.966. The second-order valence-electron chi connectivity index (χ2n) is 4.78. The second-order valence-corrected chi connectivity index (χ2v) is 5.70. The van der Waals surface area contributed by atoms with Crippen molar-refractivity contribution in [3.05, 3.63) is 46.5 Å². The third-order valence-corrected chi connectivity index (χ3v) is 3.97. The molecule has 0 atom stereocenters. The second kappa shape index (κ2) is 6.22. The predicted octanol–water partition coefficient (Wildman–Crippen LogP) is 2.23. The lowest BCUT2D eigenvalue weighted by atomic mass is 10.1. The zero-order valence-corrected chi connectivity index (χ0v) is 13.0. The van der Waals surface area contributed by atoms with Gasteiger partial charge in [0.15, 0.2) is 0 Å². The number of aryl methyl sites for hydroxylation is 1. The molecule has 1 aliphatic rings. The zero-order valence-electron chi connectivity index (χ0n) is 11.4. The topological polar surface area (TPSA) is 40.6 Å². The van der Waals surface area contributed by atoms with Crippen LogP contribution < -0.4 is 0 Å². The molecule has 106 valence electrons. The molecule has 5 heteroatoms. The van der Waals surface area contributed by atoms with Crippen LogP contribution in [0.15, 0.2) is 35.3 Å². The molecule has 1 aromatic rings. The maximum atomic E-state index is 12.5. The van der Waals surface area contributed by atoms with E-state index in [1.165, 1.54) is 6.08 Å². The summed E-state index contributed by atoms with van der Waals surface area (Å²) in [6, 6.07) is 5.64. The number of rotatable bonds is 2. The van der Waals surface area contributed by atoms with Gasteiger partial charge in [0.25, 0.3) is 5.91 Å². The molecule has 0 aromatic heterocycles. The lowest BCUT2D eigenvalue weighted by Crippen LogP contribution is -2.50. The summed E-state index contributed by atoms with van der Waals surface area (Å²) in [5, 5.41) is 0. The standard InChI is InChI=1S/C15H17BrN2O2/c1-3-14(19)17-6-8-18(9-7-17)15(20)13-5-4-12(16)10-11(13)2/h3-5,10H,1,6-9H2,2H3. The maximum absolute atomic E-state index is 12.5. The van der Waals surface area contributed by atoms with Crippen LogP contribution in [0.3, 0.4) is 0 Å². The van der Waals surface area contributed by atoms with Crippen molar-refractivity contribution in [2.75, 3.05) is 26.2 Å². The summed E-state index contributed by atoms with van der Waals surface area (Å²) in [5.41, 5.74) is 1.67. The fraction of sp³-hybridized carbons (Fsp3) is 0.333. The van der Waals surface area contributed by atoms with Crippen LogP contribution in [0.25, 0.3) is 0 Å². The first kappa shape index (κ1) is 14.8. The van der Waals surface area contributed by atoms with Gasteiger partial charge in [-0.25, -0.2) is 0 Å². The third-order valence-electron chi connectivity index (χ3n) is 3.47. The van der Waals surface area contributed by atoms with Gasteiger partial charge in [0, 0.05) is 36.2 Å². The zero-order chi connectivity index (χ0) is 14.7. The Morgan fingerprint density at radius 2 is 1.80 bits per heavy atom. The van der Waals surface area contributed by atoms with Gasteiger partial charge in [-0.1, -0.05) is 22.5 Å². The van der Waals surface area contributed by atoms with Gasteiger partial charge in [-0.2, -0.15) is 0 Å². The van der Waals surface area contributed by atoms with Gasteiger partial charge in [0.2, 0.25) is 5.91 Å². The van der Waals surface area contributed by atoms with Crippen LogP contribution in [-0.4, -0.2) is 47.8 Å². The van der Waals surface area contributed by atoms with E-state index in [1.54, 1.807) is 9.80 Å². The first-order valence-electron chi connectivity index (χ1n) is 6.49. The highest BCUT2D eigenvalue weighted by molar-refractivity contribution is 9.10. The normalized spacial score (nSPS) is 15.1. The Morgan fingerprint density at radius 3 is 2.35 bits per heavy atom. The molecule has 20 heavy (non-hydrogen) atoms. The molecular formula is C15H17BrN2O2. The van der Waals surface area contributed by atoms with Gasteiger partial charge < -0.3 is 9.80 Å². The van der Waals surface area contributed by atoms with Crippen molar-refractivity contribution in [2.24, 2.45) is 0 Å². The van der Waals surface area contributed by atoms with Crippen molar-refractivity contribution in [3.63, 3.8) is 0 Å². The highest BCUT2D eigenvalue weighted by Crippen LogP contribution is 2.18. The van der Waals surface area contributed by atoms with Crippen molar-refractivity contribution in [3.8, 4) is 0 Å². The molecule has 0 unspecified atom stereocenters. The molecule has 1 heterocycles. The van der Waals surface area contributed by atoms with E-state index in [4.69, 9.17) is 0 Å². The molecule has 0 radical (unpaired) electrons. The van der Waals surface area contributed by atoms with Crippen LogP contribution in [0.4, 0.5) is 0 Å². The number of amides is 2. The summed E-state index contributed by atoms with van der Waals surface area (Å²) in [6.45, 7) is 7.66. The minimum atomic E-state index is -0.0723. The molecule has 0 bridgehead atoms. The Kier molecular flexibility index (Phi) is 4.60. The van der Waals surface area contributed by atoms with E-state index in [0.29, 0.717) is 26.2 Å². The van der Waals surface area contributed by atoms with Crippen LogP contribution in [-0.2, 0) is 4.79 Å². The average Bonchev–Trinajstić information content (AvgIpc) is 2.46. The number of hydrogen-bond donors (Lipinski definition) is 0. The SMILES string of the molecule is C=CC(=O)N1CCN(C(=O)c2ccc(Br)cc2C)CC1. The van der Waals surface area contributed by atoms with Crippen LogP contribution in [0.5, 0.6) is 0 Å². The Balaban J connectivity index is 2.05. The van der Waals surface area contributed by atoms with Gasteiger partial charge in [-0.05, 0) is 36.8 Å². The van der Waals surface area contributed by atoms with E-state index in [2.05, 4.69) is 22.5 Å². The molecule has 0 spiro atoms. The van der Waals surface area contributed by atoms with E-state index in [0.717, 1.165) is 15.6 Å². The summed E-state index contributed by atoms with van der Waals surface area (Å²) in [6.07, 6.45) is 1.32. The number of carbonyl (C=O) groups excluding carboxylic acids is 2. The van der Waals surface area contributed by atoms with Gasteiger partial charge in [-0.15, -0.1) is 0 Å². The van der Waals surface area contributed by atoms with Crippen LogP contribution in [0.1, 0.15) is 15.9 Å². The number of piperazine rings is 1. The van der Waals surface area contributed by atoms with E-state index in [9.17, 15) is 9.59 Å². The van der Waals surface area contributed by atoms with E-state index in [-0.39, 0.29) is 11.8 Å². The number of benzene rings is 1. The molecule has 1 fully saturated rings. The van der Waals surface area contributed by atoms with Crippen LogP contribution in [0, 0.1) is 6.92 Å². The smallest absolute Gasteiger partial charge is 0.254 e. The number of nitrogens with zero attached hydrogens (tertiary/aromatic N) is 2. The van der Waals surface area contributed by atoms with Crippen molar-refractivity contribution in [2.45, 2.75) is 6.92 Å². The Morgan fingerprint density at radius 1 is 1.20 bits per heavy atom. The first-order chi connectivity index (χ1) is 9.52. The molecule has 1 saturated heterocycles. The molecule has 2 amide bonds. The van der Waals surface area contributed by atoms with Crippen molar-refractivity contribution >= 4 is 27.7 Å². The van der Waals surface area contributed by atoms with Gasteiger partial charge in [-0.3, -0.25) is 9.59 Å². The summed E-state index contributed by atoms with van der Waals surface area (Å²) in [7, 11) is 0. The predicted molar refractivity (Wildman–Crippen MR) is 81.6 cm³/mol. The van der Waals surface area contributed by atoms with E-state index < -0.39 is 0 Å². The fourth-order valence-electron chi connectivity index (χ4n) is 2.30. The van der Waals surface area contributed by atoms with Crippen molar-refractivity contribution in [1.29, 1.82) is 0 Å². The van der Waals surface area contributed by atoms with Crippen molar-refractivity contribution < 1.29 is 9.59 Å². The Labute approximate surface area is 127 Å². The molecule has 0 aliphatic carbocycles. The largest absolute Gasteiger partial charge is 0.336 e. The average molecular weight is 337 g/mol. The minimum Gasteiger partial charge on any atom is -0.336 e. The Hall–Kier alpha value is -1.62. The lowest BCUT2D eigenvalue weighted by molar-refractivity contribution is -0.127. The van der Waals surface area contributed by atoms with Crippen molar-refractivity contribution in [1.82, 2.24) is 9.80 Å². The minimum absolute atomic E-state index is 0.0284. The molecule has 1 aliphatic heterocycles. The lowest BCUT2D eigenvalue weighted by Gasteiger charge is -2.34. The third kappa shape index (κ3) is 3.10. The number of halogens is 1. The molecular weight excluding hydrogens is 320 g/mol. The monoisotopic (exact) mass is 336 g/mol. The molecule has 4 nitrogen and oxygen atoms in total. The molecule has 0 N–H and O–H groups in total. The summed E-state index contributed by atoms with van der Waals surface area (Å²) in [4.78, 5) is 27.5. The van der Waals surface area contributed by atoms with E-state index in [1.807, 2.05) is 25.1 Å². The summed E-state index contributed by atoms with van der Waals surface area (Å²) in [5.74, 6) is -0.0439. The highest BCUT2D eigenvalue weighted by atomic mass is 79.9. The Bertz CT molecular complexity index is 549.